The van der Waals surface area contributed by atoms with E-state index in [9.17, 15) is 4.79 Å². The molecule has 1 fully saturated rings. The first-order chi connectivity index (χ1) is 8.20. The maximum absolute atomic E-state index is 12.4. The molecule has 2 rings (SSSR count). The second kappa shape index (κ2) is 6.76. The van der Waals surface area contributed by atoms with Crippen molar-refractivity contribution < 1.29 is 4.79 Å². The Kier molecular flexibility index (Phi) is 5.63. The number of hydrogen-bond acceptors (Lipinski definition) is 2. The van der Waals surface area contributed by atoms with Crippen LogP contribution in [0.15, 0.2) is 18.2 Å². The Morgan fingerprint density at radius 1 is 1.22 bits per heavy atom. The van der Waals surface area contributed by atoms with Crippen molar-refractivity contribution in [3.05, 3.63) is 34.9 Å². The van der Waals surface area contributed by atoms with Crippen molar-refractivity contribution in [2.45, 2.75) is 20.3 Å². The van der Waals surface area contributed by atoms with Crippen LogP contribution in [0.2, 0.25) is 0 Å². The summed E-state index contributed by atoms with van der Waals surface area (Å²) in [6.45, 7) is 7.66. The van der Waals surface area contributed by atoms with Crippen molar-refractivity contribution in [3.8, 4) is 0 Å². The number of nitrogens with zero attached hydrogens (tertiary/aromatic N) is 1. The van der Waals surface area contributed by atoms with Gasteiger partial charge < -0.3 is 10.2 Å². The van der Waals surface area contributed by atoms with Crippen LogP contribution in [-0.4, -0.2) is 37.0 Å². The fourth-order valence-corrected chi connectivity index (χ4v) is 2.20. The van der Waals surface area contributed by atoms with Gasteiger partial charge in [-0.25, -0.2) is 0 Å². The highest BCUT2D eigenvalue weighted by Gasteiger charge is 2.18. The van der Waals surface area contributed by atoms with Crippen LogP contribution in [-0.2, 0) is 0 Å². The Morgan fingerprint density at radius 3 is 2.78 bits per heavy atom. The van der Waals surface area contributed by atoms with Gasteiger partial charge in [-0.1, -0.05) is 12.1 Å². The van der Waals surface area contributed by atoms with Crippen LogP contribution in [0.3, 0.4) is 0 Å². The van der Waals surface area contributed by atoms with Gasteiger partial charge in [0.15, 0.2) is 0 Å². The smallest absolute Gasteiger partial charge is 0.254 e. The van der Waals surface area contributed by atoms with Gasteiger partial charge in [-0.05, 0) is 44.0 Å². The van der Waals surface area contributed by atoms with E-state index in [2.05, 4.69) is 18.3 Å². The molecule has 18 heavy (non-hydrogen) atoms. The summed E-state index contributed by atoms with van der Waals surface area (Å²) in [5, 5.41) is 3.32. The Balaban J connectivity index is 0.00000162. The molecule has 0 atom stereocenters. The van der Waals surface area contributed by atoms with Gasteiger partial charge in [-0.2, -0.15) is 0 Å². The summed E-state index contributed by atoms with van der Waals surface area (Å²) in [4.78, 5) is 14.4. The first kappa shape index (κ1) is 15.0. The molecule has 0 aliphatic carbocycles. The van der Waals surface area contributed by atoms with E-state index < -0.39 is 0 Å². The molecule has 0 unspecified atom stereocenters. The number of benzene rings is 1. The third-order valence-corrected chi connectivity index (χ3v) is 3.46. The van der Waals surface area contributed by atoms with Crippen LogP contribution in [0.25, 0.3) is 0 Å². The fourth-order valence-electron chi connectivity index (χ4n) is 2.20. The van der Waals surface area contributed by atoms with E-state index in [1.54, 1.807) is 0 Å². The molecule has 4 heteroatoms. The summed E-state index contributed by atoms with van der Waals surface area (Å²) in [6.07, 6.45) is 1.04. The Labute approximate surface area is 115 Å². The van der Waals surface area contributed by atoms with Gasteiger partial charge in [-0.3, -0.25) is 4.79 Å². The zero-order valence-corrected chi connectivity index (χ0v) is 11.8. The number of rotatable bonds is 1. The molecule has 100 valence electrons. The summed E-state index contributed by atoms with van der Waals surface area (Å²) in [6, 6.07) is 5.95. The van der Waals surface area contributed by atoms with Crippen molar-refractivity contribution in [1.82, 2.24) is 10.2 Å². The Morgan fingerprint density at radius 2 is 2.00 bits per heavy atom. The highest BCUT2D eigenvalue weighted by Crippen LogP contribution is 2.15. The molecular weight excluding hydrogens is 248 g/mol. The highest BCUT2D eigenvalue weighted by molar-refractivity contribution is 5.96. The number of halogens is 1. The molecule has 1 aliphatic rings. The van der Waals surface area contributed by atoms with Gasteiger partial charge >= 0.3 is 0 Å². The zero-order chi connectivity index (χ0) is 12.3. The van der Waals surface area contributed by atoms with E-state index in [1.165, 1.54) is 5.56 Å². The van der Waals surface area contributed by atoms with Crippen molar-refractivity contribution in [2.75, 3.05) is 26.2 Å². The summed E-state index contributed by atoms with van der Waals surface area (Å²) < 4.78 is 0. The molecule has 0 aromatic heterocycles. The van der Waals surface area contributed by atoms with E-state index >= 15 is 0 Å². The normalized spacial score (nSPS) is 15.8. The Hall–Kier alpha value is -1.06. The predicted octanol–water partition coefficient (Wildman–Crippen LogP) is 2.16. The average molecular weight is 269 g/mol. The molecule has 1 aliphatic heterocycles. The van der Waals surface area contributed by atoms with Gasteiger partial charge in [0.2, 0.25) is 0 Å². The molecule has 3 nitrogen and oxygen atoms in total. The van der Waals surface area contributed by atoms with E-state index in [4.69, 9.17) is 0 Å². The average Bonchev–Trinajstić information content (AvgIpc) is 2.60. The van der Waals surface area contributed by atoms with E-state index in [-0.39, 0.29) is 18.3 Å². The molecule has 1 N–H and O–H groups in total. The predicted molar refractivity (Wildman–Crippen MR) is 76.6 cm³/mol. The topological polar surface area (TPSA) is 32.3 Å². The summed E-state index contributed by atoms with van der Waals surface area (Å²) >= 11 is 0. The lowest BCUT2D eigenvalue weighted by Gasteiger charge is -2.21. The van der Waals surface area contributed by atoms with Crippen LogP contribution in [0, 0.1) is 13.8 Å². The van der Waals surface area contributed by atoms with Crippen molar-refractivity contribution >= 4 is 18.3 Å². The van der Waals surface area contributed by atoms with Crippen molar-refractivity contribution in [3.63, 3.8) is 0 Å². The Bertz CT molecular complexity index is 412. The molecule has 1 saturated heterocycles. The van der Waals surface area contributed by atoms with E-state index in [0.717, 1.165) is 43.7 Å². The third-order valence-electron chi connectivity index (χ3n) is 3.46. The zero-order valence-electron chi connectivity index (χ0n) is 11.0. The first-order valence-electron chi connectivity index (χ1n) is 6.26. The summed E-state index contributed by atoms with van der Waals surface area (Å²) in [5.41, 5.74) is 3.14. The second-order valence-electron chi connectivity index (χ2n) is 4.64. The lowest BCUT2D eigenvalue weighted by atomic mass is 10.0. The van der Waals surface area contributed by atoms with E-state index in [1.807, 2.05) is 24.0 Å². The van der Waals surface area contributed by atoms with Crippen LogP contribution < -0.4 is 5.32 Å². The molecule has 1 heterocycles. The number of hydrogen-bond donors (Lipinski definition) is 1. The maximum atomic E-state index is 12.4. The maximum Gasteiger partial charge on any atom is 0.254 e. The van der Waals surface area contributed by atoms with Crippen molar-refractivity contribution in [2.24, 2.45) is 0 Å². The fraction of sp³-hybridized carbons (Fsp3) is 0.500. The standard InChI is InChI=1S/C14H20N2O.ClH/c1-11-5-3-6-13(12(11)2)14(17)16-9-4-7-15-8-10-16;/h3,5-6,15H,4,7-10H2,1-2H3;1H. The lowest BCUT2D eigenvalue weighted by Crippen LogP contribution is -2.34. The van der Waals surface area contributed by atoms with Gasteiger partial charge in [0.25, 0.3) is 5.91 Å². The minimum atomic E-state index is 0. The number of nitrogens with one attached hydrogen (secondary N) is 1. The molecule has 1 aromatic rings. The third kappa shape index (κ3) is 3.24. The monoisotopic (exact) mass is 268 g/mol. The molecule has 0 radical (unpaired) electrons. The van der Waals surface area contributed by atoms with Crippen LogP contribution in [0.5, 0.6) is 0 Å². The molecular formula is C14H21ClN2O. The number of aryl methyl sites for hydroxylation is 1. The summed E-state index contributed by atoms with van der Waals surface area (Å²) in [5.74, 6) is 0.176. The molecule has 1 amide bonds. The molecule has 0 spiro atoms. The van der Waals surface area contributed by atoms with Gasteiger partial charge in [-0.15, -0.1) is 12.4 Å². The SMILES string of the molecule is Cc1cccc(C(=O)N2CCCNCC2)c1C.Cl. The number of carbonyl (C=O) groups excluding carboxylic acids is 1. The van der Waals surface area contributed by atoms with Gasteiger partial charge in [0, 0.05) is 25.2 Å². The molecule has 0 saturated carbocycles. The summed E-state index contributed by atoms with van der Waals surface area (Å²) in [7, 11) is 0. The first-order valence-corrected chi connectivity index (χ1v) is 6.26. The van der Waals surface area contributed by atoms with Crippen LogP contribution in [0.1, 0.15) is 27.9 Å². The van der Waals surface area contributed by atoms with Crippen molar-refractivity contribution in [1.29, 1.82) is 0 Å². The van der Waals surface area contributed by atoms with Gasteiger partial charge in [0.05, 0.1) is 0 Å². The number of amides is 1. The molecule has 0 bridgehead atoms. The largest absolute Gasteiger partial charge is 0.337 e. The quantitative estimate of drug-likeness (QED) is 0.847. The minimum Gasteiger partial charge on any atom is -0.337 e. The van der Waals surface area contributed by atoms with Crippen LogP contribution in [0.4, 0.5) is 0 Å². The molecule has 1 aromatic carbocycles. The highest BCUT2D eigenvalue weighted by atomic mass is 35.5. The van der Waals surface area contributed by atoms with E-state index in [0.29, 0.717) is 0 Å². The lowest BCUT2D eigenvalue weighted by molar-refractivity contribution is 0.0765. The minimum absolute atomic E-state index is 0. The second-order valence-corrected chi connectivity index (χ2v) is 4.64. The number of carbonyl (C=O) groups is 1. The van der Waals surface area contributed by atoms with Gasteiger partial charge in [0.1, 0.15) is 0 Å². The van der Waals surface area contributed by atoms with Crippen LogP contribution >= 0.6 is 12.4 Å².